The largest absolute Gasteiger partial charge is 0.497 e. The van der Waals surface area contributed by atoms with Gasteiger partial charge in [0.1, 0.15) is 24.1 Å². The number of carbonyl (C=O) groups excluding carboxylic acids is 3. The molecule has 10 heteroatoms. The summed E-state index contributed by atoms with van der Waals surface area (Å²) in [6, 6.07) is 5.05. The Balaban J connectivity index is 1.05. The van der Waals surface area contributed by atoms with Crippen molar-refractivity contribution >= 4 is 28.8 Å². The number of rotatable bonds is 11. The zero-order chi connectivity index (χ0) is 28.4. The predicted octanol–water partition coefficient (Wildman–Crippen LogP) is 3.61. The normalized spacial score (nSPS) is 26.9. The molecule has 2 N–H and O–H groups in total. The molecule has 1 aromatic carbocycles. The summed E-state index contributed by atoms with van der Waals surface area (Å²) in [5.41, 5.74) is 1.80. The molecule has 6 atom stereocenters. The van der Waals surface area contributed by atoms with Gasteiger partial charge in [-0.05, 0) is 81.3 Å². The summed E-state index contributed by atoms with van der Waals surface area (Å²) < 4.78 is 11.0. The molecular formula is C30H40N4O6. The molecular weight excluding hydrogens is 512 g/mol. The Hall–Kier alpha value is -3.43. The molecule has 2 aromatic rings. The van der Waals surface area contributed by atoms with Crippen LogP contribution in [-0.2, 0) is 20.7 Å². The number of ether oxygens (including phenoxy) is 2. The van der Waals surface area contributed by atoms with Crippen LogP contribution in [0.4, 0.5) is 4.79 Å². The van der Waals surface area contributed by atoms with E-state index < -0.39 is 12.1 Å². The van der Waals surface area contributed by atoms with Crippen LogP contribution in [0.5, 0.6) is 5.75 Å². The van der Waals surface area contributed by atoms with Crippen molar-refractivity contribution < 1.29 is 23.9 Å². The molecule has 2 heterocycles. The standard InChI is InChI=1S/C30H40N4O6/c1-17-11-12-34(28(17)18(2)35)27(36)16-31-30(38)40-26-14-19-13-22(19)21(26)7-5-4-6-8-24-29(37)33-25-15-20(39-3)9-10-23(25)32-24/h9-10,15,17,19,21-22,26,28H,4-8,11-14,16H2,1-3H3,(H,31,38)(H,33,37)/t17-,19?,21-,22?,26?,28+/m1/s1. The van der Waals surface area contributed by atoms with Crippen molar-refractivity contribution in [2.75, 3.05) is 20.2 Å². The number of carbonyl (C=O) groups is 3. The number of aromatic amines is 1. The lowest BCUT2D eigenvalue weighted by Gasteiger charge is -2.26. The van der Waals surface area contributed by atoms with Gasteiger partial charge in [-0.25, -0.2) is 9.78 Å². The van der Waals surface area contributed by atoms with Gasteiger partial charge >= 0.3 is 6.09 Å². The van der Waals surface area contributed by atoms with Crippen molar-refractivity contribution in [1.29, 1.82) is 0 Å². The number of hydrogen-bond acceptors (Lipinski definition) is 7. The lowest BCUT2D eigenvalue weighted by Crippen LogP contribution is -2.46. The minimum Gasteiger partial charge on any atom is -0.497 e. The fourth-order valence-corrected chi connectivity index (χ4v) is 6.88. The van der Waals surface area contributed by atoms with E-state index >= 15 is 0 Å². The topological polar surface area (TPSA) is 131 Å². The van der Waals surface area contributed by atoms with E-state index in [1.807, 2.05) is 19.1 Å². The number of likely N-dealkylation sites (tertiary alicyclic amines) is 1. The van der Waals surface area contributed by atoms with Crippen molar-refractivity contribution in [2.24, 2.45) is 23.7 Å². The van der Waals surface area contributed by atoms with E-state index in [4.69, 9.17) is 9.47 Å². The third kappa shape index (κ3) is 6.15. The van der Waals surface area contributed by atoms with Gasteiger partial charge in [0, 0.05) is 12.6 Å². The first-order chi connectivity index (χ1) is 19.2. The minimum absolute atomic E-state index is 0.0182. The molecule has 1 aliphatic heterocycles. The Morgan fingerprint density at radius 1 is 1.18 bits per heavy atom. The van der Waals surface area contributed by atoms with E-state index in [0.29, 0.717) is 47.7 Å². The Morgan fingerprint density at radius 2 is 2.00 bits per heavy atom. The fraction of sp³-hybridized carbons (Fsp3) is 0.633. The predicted molar refractivity (Wildman–Crippen MR) is 149 cm³/mol. The van der Waals surface area contributed by atoms with E-state index in [0.717, 1.165) is 44.0 Å². The molecule has 10 nitrogen and oxygen atoms in total. The highest BCUT2D eigenvalue weighted by Crippen LogP contribution is 2.57. The molecule has 3 unspecified atom stereocenters. The van der Waals surface area contributed by atoms with E-state index in [2.05, 4.69) is 15.3 Å². The summed E-state index contributed by atoms with van der Waals surface area (Å²) in [5, 5.41) is 2.62. The monoisotopic (exact) mass is 552 g/mol. The van der Waals surface area contributed by atoms with Crippen molar-refractivity contribution in [3.63, 3.8) is 0 Å². The maximum atomic E-state index is 12.7. The molecule has 40 heavy (non-hydrogen) atoms. The Labute approximate surface area is 234 Å². The zero-order valence-corrected chi connectivity index (χ0v) is 23.6. The molecule has 3 aliphatic rings. The highest BCUT2D eigenvalue weighted by Gasteiger charge is 2.54. The van der Waals surface area contributed by atoms with Gasteiger partial charge in [0.25, 0.3) is 5.56 Å². The van der Waals surface area contributed by atoms with Crippen molar-refractivity contribution in [1.82, 2.24) is 20.2 Å². The molecule has 2 aliphatic carbocycles. The number of benzene rings is 1. The number of amides is 2. The lowest BCUT2D eigenvalue weighted by atomic mass is 9.93. The number of nitrogens with one attached hydrogen (secondary N) is 2. The van der Waals surface area contributed by atoms with Gasteiger partial charge in [0.15, 0.2) is 5.78 Å². The smallest absolute Gasteiger partial charge is 0.407 e. The average Bonchev–Trinajstić information content (AvgIpc) is 3.44. The summed E-state index contributed by atoms with van der Waals surface area (Å²) >= 11 is 0. The summed E-state index contributed by atoms with van der Waals surface area (Å²) in [5.74, 6) is 2.13. The zero-order valence-electron chi connectivity index (χ0n) is 23.6. The molecule has 1 aromatic heterocycles. The van der Waals surface area contributed by atoms with Crippen molar-refractivity contribution in [3.8, 4) is 5.75 Å². The molecule has 0 bridgehead atoms. The van der Waals surface area contributed by atoms with Gasteiger partial charge < -0.3 is 24.7 Å². The van der Waals surface area contributed by atoms with Crippen LogP contribution in [0.1, 0.15) is 64.5 Å². The molecule has 0 radical (unpaired) electrons. The number of H-pyrrole nitrogens is 1. The second-order valence-electron chi connectivity index (χ2n) is 11.8. The highest BCUT2D eigenvalue weighted by atomic mass is 16.6. The van der Waals surface area contributed by atoms with E-state index in [1.54, 1.807) is 18.1 Å². The van der Waals surface area contributed by atoms with Crippen LogP contribution in [0, 0.1) is 23.7 Å². The van der Waals surface area contributed by atoms with Gasteiger partial charge in [-0.1, -0.05) is 19.8 Å². The number of ketones is 1. The minimum atomic E-state index is -0.560. The lowest BCUT2D eigenvalue weighted by molar-refractivity contribution is -0.136. The first kappa shape index (κ1) is 28.1. The maximum absolute atomic E-state index is 12.7. The number of methoxy groups -OCH3 is 1. The number of Topliss-reactive ketones (excluding diaryl/α,β-unsaturated/α-hetero) is 1. The van der Waals surface area contributed by atoms with E-state index in [1.165, 1.54) is 13.3 Å². The summed E-state index contributed by atoms with van der Waals surface area (Å²) in [6.07, 6.45) is 6.61. The first-order valence-electron chi connectivity index (χ1n) is 14.6. The van der Waals surface area contributed by atoms with Crippen LogP contribution in [-0.4, -0.2) is 65.0 Å². The number of aromatic nitrogens is 2. The summed E-state index contributed by atoms with van der Waals surface area (Å²) in [6.45, 7) is 3.87. The van der Waals surface area contributed by atoms with Crippen LogP contribution in [0.3, 0.4) is 0 Å². The number of hydrogen-bond donors (Lipinski definition) is 2. The van der Waals surface area contributed by atoms with Crippen molar-refractivity contribution in [3.05, 3.63) is 34.2 Å². The van der Waals surface area contributed by atoms with Crippen LogP contribution < -0.4 is 15.6 Å². The summed E-state index contributed by atoms with van der Waals surface area (Å²) in [4.78, 5) is 58.7. The van der Waals surface area contributed by atoms with Crippen LogP contribution >= 0.6 is 0 Å². The Morgan fingerprint density at radius 3 is 2.77 bits per heavy atom. The summed E-state index contributed by atoms with van der Waals surface area (Å²) in [7, 11) is 1.59. The van der Waals surface area contributed by atoms with E-state index in [9.17, 15) is 19.2 Å². The third-order valence-electron chi connectivity index (χ3n) is 9.04. The second-order valence-corrected chi connectivity index (χ2v) is 11.8. The number of unbranched alkanes of at least 4 members (excludes halogenated alkanes) is 2. The van der Waals surface area contributed by atoms with Crippen LogP contribution in [0.15, 0.2) is 23.0 Å². The molecule has 0 spiro atoms. The van der Waals surface area contributed by atoms with Gasteiger partial charge in [-0.3, -0.25) is 14.4 Å². The van der Waals surface area contributed by atoms with Crippen LogP contribution in [0.2, 0.25) is 0 Å². The van der Waals surface area contributed by atoms with Crippen molar-refractivity contribution in [2.45, 2.75) is 77.4 Å². The second kappa shape index (κ2) is 12.0. The maximum Gasteiger partial charge on any atom is 0.407 e. The van der Waals surface area contributed by atoms with Crippen LogP contribution in [0.25, 0.3) is 11.0 Å². The molecule has 2 saturated carbocycles. The Kier molecular flexibility index (Phi) is 8.42. The van der Waals surface area contributed by atoms with Gasteiger partial charge in [0.05, 0.1) is 24.2 Å². The van der Waals surface area contributed by atoms with Gasteiger partial charge in [-0.2, -0.15) is 0 Å². The highest BCUT2D eigenvalue weighted by molar-refractivity contribution is 5.90. The molecule has 5 rings (SSSR count). The quantitative estimate of drug-likeness (QED) is 0.407. The SMILES string of the molecule is COc1ccc2nc(CCCCC[C@H]3C(OC(=O)NCC(=O)N4CC[C@@H](C)[C@H]4C(C)=O)CC4CC43)c(=O)[nH]c2c1. The van der Waals surface area contributed by atoms with E-state index in [-0.39, 0.29) is 35.8 Å². The average molecular weight is 553 g/mol. The molecule has 1 saturated heterocycles. The number of aryl methyl sites for hydroxylation is 1. The number of fused-ring (bicyclic) bond motifs is 2. The number of alkyl carbamates (subject to hydrolysis) is 1. The number of nitrogens with zero attached hydrogens (tertiary/aromatic N) is 2. The van der Waals surface area contributed by atoms with Gasteiger partial charge in [-0.15, -0.1) is 0 Å². The molecule has 2 amide bonds. The Bertz CT molecular complexity index is 1330. The van der Waals surface area contributed by atoms with Gasteiger partial charge in [0.2, 0.25) is 5.91 Å². The fourth-order valence-electron chi connectivity index (χ4n) is 6.88. The first-order valence-corrected chi connectivity index (χ1v) is 14.6. The molecule has 216 valence electrons. The third-order valence-corrected chi connectivity index (χ3v) is 9.04. The molecule has 3 fully saturated rings.